The maximum atomic E-state index is 12.6. The summed E-state index contributed by atoms with van der Waals surface area (Å²) in [7, 11) is 1.87. The van der Waals surface area contributed by atoms with Gasteiger partial charge in [-0.3, -0.25) is 4.79 Å². The standard InChI is InChI=1S/C17H26N2O2/c1-14-5-4-6-15(13-14)21-12-11-19(3)16(20)17(2)7-9-18-10-8-17/h4-6,13,18H,7-12H2,1-3H3. The molecule has 0 aromatic heterocycles. The van der Waals surface area contributed by atoms with Gasteiger partial charge in [0.25, 0.3) is 0 Å². The van der Waals surface area contributed by atoms with E-state index in [4.69, 9.17) is 4.74 Å². The minimum absolute atomic E-state index is 0.219. The molecule has 0 atom stereocenters. The zero-order valence-corrected chi connectivity index (χ0v) is 13.3. The fourth-order valence-corrected chi connectivity index (χ4v) is 2.76. The fourth-order valence-electron chi connectivity index (χ4n) is 2.76. The summed E-state index contributed by atoms with van der Waals surface area (Å²) in [5.74, 6) is 1.10. The highest BCUT2D eigenvalue weighted by Crippen LogP contribution is 2.29. The summed E-state index contributed by atoms with van der Waals surface area (Å²) in [6.07, 6.45) is 1.82. The van der Waals surface area contributed by atoms with E-state index in [-0.39, 0.29) is 11.3 Å². The van der Waals surface area contributed by atoms with Gasteiger partial charge in [0.1, 0.15) is 12.4 Å². The molecule has 2 rings (SSSR count). The van der Waals surface area contributed by atoms with Crippen LogP contribution in [-0.4, -0.2) is 44.1 Å². The maximum Gasteiger partial charge on any atom is 0.228 e. The van der Waals surface area contributed by atoms with Gasteiger partial charge in [0, 0.05) is 12.5 Å². The van der Waals surface area contributed by atoms with E-state index in [2.05, 4.69) is 12.2 Å². The van der Waals surface area contributed by atoms with Gasteiger partial charge in [-0.2, -0.15) is 0 Å². The van der Waals surface area contributed by atoms with Crippen LogP contribution in [0.25, 0.3) is 0 Å². The van der Waals surface area contributed by atoms with Crippen LogP contribution in [-0.2, 0) is 4.79 Å². The van der Waals surface area contributed by atoms with Crippen molar-refractivity contribution < 1.29 is 9.53 Å². The molecule has 116 valence electrons. The third-order valence-electron chi connectivity index (χ3n) is 4.26. The highest BCUT2D eigenvalue weighted by atomic mass is 16.5. The molecular formula is C17H26N2O2. The number of ether oxygens (including phenoxy) is 1. The van der Waals surface area contributed by atoms with Gasteiger partial charge in [0.2, 0.25) is 5.91 Å². The average Bonchev–Trinajstić information content (AvgIpc) is 2.47. The first-order valence-corrected chi connectivity index (χ1v) is 7.67. The number of piperidine rings is 1. The van der Waals surface area contributed by atoms with Gasteiger partial charge in [0.05, 0.1) is 6.54 Å². The summed E-state index contributed by atoms with van der Waals surface area (Å²) in [6, 6.07) is 7.98. The lowest BCUT2D eigenvalue weighted by molar-refractivity contribution is -0.141. The summed E-state index contributed by atoms with van der Waals surface area (Å²) in [5.41, 5.74) is 0.961. The number of hydrogen-bond donors (Lipinski definition) is 1. The molecule has 0 spiro atoms. The summed E-state index contributed by atoms with van der Waals surface area (Å²) >= 11 is 0. The first kappa shape index (κ1) is 15.8. The predicted octanol–water partition coefficient (Wildman–Crippen LogP) is 2.22. The molecule has 0 unspecified atom stereocenters. The van der Waals surface area contributed by atoms with E-state index in [0.717, 1.165) is 31.7 Å². The zero-order valence-electron chi connectivity index (χ0n) is 13.3. The molecule has 1 aromatic carbocycles. The molecule has 4 heteroatoms. The van der Waals surface area contributed by atoms with Crippen LogP contribution in [0.2, 0.25) is 0 Å². The van der Waals surface area contributed by atoms with E-state index in [9.17, 15) is 4.79 Å². The molecular weight excluding hydrogens is 264 g/mol. The van der Waals surface area contributed by atoms with Crippen molar-refractivity contribution in [3.8, 4) is 5.75 Å². The SMILES string of the molecule is Cc1cccc(OCCN(C)C(=O)C2(C)CCNCC2)c1. The van der Waals surface area contributed by atoms with Crippen LogP contribution in [0.3, 0.4) is 0 Å². The van der Waals surface area contributed by atoms with E-state index in [1.165, 1.54) is 5.56 Å². The second-order valence-electron chi connectivity index (χ2n) is 6.20. The number of rotatable bonds is 5. The van der Waals surface area contributed by atoms with Crippen molar-refractivity contribution in [2.75, 3.05) is 33.3 Å². The summed E-state index contributed by atoms with van der Waals surface area (Å²) in [4.78, 5) is 14.4. The van der Waals surface area contributed by atoms with Crippen LogP contribution >= 0.6 is 0 Å². The largest absolute Gasteiger partial charge is 0.492 e. The lowest BCUT2D eigenvalue weighted by Crippen LogP contribution is -2.47. The van der Waals surface area contributed by atoms with Crippen LogP contribution in [0.1, 0.15) is 25.3 Å². The minimum atomic E-state index is -0.219. The number of nitrogens with zero attached hydrogens (tertiary/aromatic N) is 1. The number of amides is 1. The third-order valence-corrected chi connectivity index (χ3v) is 4.26. The van der Waals surface area contributed by atoms with Gasteiger partial charge in [-0.1, -0.05) is 19.1 Å². The van der Waals surface area contributed by atoms with Crippen molar-refractivity contribution in [2.45, 2.75) is 26.7 Å². The summed E-state index contributed by atoms with van der Waals surface area (Å²) < 4.78 is 5.72. The number of aryl methyl sites for hydroxylation is 1. The van der Waals surface area contributed by atoms with Crippen LogP contribution in [0.4, 0.5) is 0 Å². The van der Waals surface area contributed by atoms with Crippen LogP contribution < -0.4 is 10.1 Å². The van der Waals surface area contributed by atoms with Gasteiger partial charge in [-0.15, -0.1) is 0 Å². The van der Waals surface area contributed by atoms with E-state index in [0.29, 0.717) is 13.2 Å². The van der Waals surface area contributed by atoms with E-state index in [1.54, 1.807) is 4.90 Å². The Morgan fingerprint density at radius 2 is 2.10 bits per heavy atom. The van der Waals surface area contributed by atoms with Crippen LogP contribution in [0.5, 0.6) is 5.75 Å². The molecule has 0 aliphatic carbocycles. The van der Waals surface area contributed by atoms with Crippen LogP contribution in [0, 0.1) is 12.3 Å². The van der Waals surface area contributed by atoms with Gasteiger partial charge in [-0.25, -0.2) is 0 Å². The first-order valence-electron chi connectivity index (χ1n) is 7.67. The fraction of sp³-hybridized carbons (Fsp3) is 0.588. The number of carbonyl (C=O) groups is 1. The Bertz CT molecular complexity index is 481. The Morgan fingerprint density at radius 1 is 1.38 bits per heavy atom. The molecule has 1 aromatic rings. The minimum Gasteiger partial charge on any atom is -0.492 e. The lowest BCUT2D eigenvalue weighted by Gasteiger charge is -2.35. The topological polar surface area (TPSA) is 41.6 Å². The molecule has 1 saturated heterocycles. The summed E-state index contributed by atoms with van der Waals surface area (Å²) in [6.45, 7) is 7.12. The van der Waals surface area contributed by atoms with Gasteiger partial charge >= 0.3 is 0 Å². The summed E-state index contributed by atoms with van der Waals surface area (Å²) in [5, 5.41) is 3.31. The van der Waals surface area contributed by atoms with Crippen molar-refractivity contribution in [3.63, 3.8) is 0 Å². The second-order valence-corrected chi connectivity index (χ2v) is 6.20. The normalized spacial score (nSPS) is 17.3. The van der Waals surface area contributed by atoms with Crippen molar-refractivity contribution in [2.24, 2.45) is 5.41 Å². The second kappa shape index (κ2) is 6.94. The highest BCUT2D eigenvalue weighted by molar-refractivity contribution is 5.82. The molecule has 1 heterocycles. The molecule has 0 bridgehead atoms. The average molecular weight is 290 g/mol. The molecule has 21 heavy (non-hydrogen) atoms. The molecule has 4 nitrogen and oxygen atoms in total. The molecule has 1 fully saturated rings. The Morgan fingerprint density at radius 3 is 2.76 bits per heavy atom. The third kappa shape index (κ3) is 4.21. The molecule has 0 radical (unpaired) electrons. The Kier molecular flexibility index (Phi) is 5.23. The number of benzene rings is 1. The monoisotopic (exact) mass is 290 g/mol. The highest BCUT2D eigenvalue weighted by Gasteiger charge is 2.36. The van der Waals surface area contributed by atoms with E-state index in [1.807, 2.05) is 38.2 Å². The Balaban J connectivity index is 1.81. The molecule has 1 aliphatic heterocycles. The molecule has 1 aliphatic rings. The Labute approximate surface area is 127 Å². The smallest absolute Gasteiger partial charge is 0.228 e. The van der Waals surface area contributed by atoms with Gasteiger partial charge in [0.15, 0.2) is 0 Å². The number of likely N-dealkylation sites (N-methyl/N-ethyl adjacent to an activating group) is 1. The zero-order chi connectivity index (χ0) is 15.3. The number of hydrogen-bond acceptors (Lipinski definition) is 3. The number of carbonyl (C=O) groups excluding carboxylic acids is 1. The van der Waals surface area contributed by atoms with Crippen molar-refractivity contribution in [3.05, 3.63) is 29.8 Å². The quantitative estimate of drug-likeness (QED) is 0.904. The van der Waals surface area contributed by atoms with Crippen molar-refractivity contribution in [1.29, 1.82) is 0 Å². The van der Waals surface area contributed by atoms with Crippen molar-refractivity contribution >= 4 is 5.91 Å². The molecule has 1 amide bonds. The predicted molar refractivity (Wildman–Crippen MR) is 84.5 cm³/mol. The van der Waals surface area contributed by atoms with Crippen molar-refractivity contribution in [1.82, 2.24) is 10.2 Å². The van der Waals surface area contributed by atoms with E-state index < -0.39 is 0 Å². The van der Waals surface area contributed by atoms with Gasteiger partial charge < -0.3 is 15.0 Å². The number of nitrogens with one attached hydrogen (secondary N) is 1. The first-order chi connectivity index (χ1) is 10.0. The lowest BCUT2D eigenvalue weighted by atomic mass is 9.80. The van der Waals surface area contributed by atoms with Gasteiger partial charge in [-0.05, 0) is 50.6 Å². The van der Waals surface area contributed by atoms with Crippen LogP contribution in [0.15, 0.2) is 24.3 Å². The molecule has 0 saturated carbocycles. The maximum absolute atomic E-state index is 12.6. The Hall–Kier alpha value is -1.55. The van der Waals surface area contributed by atoms with E-state index >= 15 is 0 Å². The molecule has 1 N–H and O–H groups in total.